The average Bonchev–Trinajstić information content (AvgIpc) is 3.60. The van der Waals surface area contributed by atoms with Gasteiger partial charge in [-0.2, -0.15) is 0 Å². The van der Waals surface area contributed by atoms with Gasteiger partial charge in [0.2, 0.25) is 0 Å². The molecule has 2 nitrogen and oxygen atoms in total. The van der Waals surface area contributed by atoms with E-state index in [0.29, 0.717) is 12.0 Å². The number of aromatic nitrogens is 1. The fourth-order valence-corrected chi connectivity index (χ4v) is 8.39. The maximum absolute atomic E-state index is 2.73. The fourth-order valence-electron chi connectivity index (χ4n) is 8.39. The van der Waals surface area contributed by atoms with E-state index >= 15 is 0 Å². The van der Waals surface area contributed by atoms with Crippen molar-refractivity contribution in [2.45, 2.75) is 57.4 Å². The molecular formula is C42H38N2. The van der Waals surface area contributed by atoms with Gasteiger partial charge in [0.25, 0.3) is 0 Å². The standard InChI is InChI=1S/C42H38N2/c1-3-11-29(12-4-1)31-19-23-33(24-20-31)43-39-17-9-7-15-35(39)37-27-38-36-16-8-10-18-40(36)44(42(38)28-41(37)43)34-25-21-32(22-26-34)30-13-5-2-6-14-30/h1,3-5,7-8,10-16,18-19,21,23,25,27-28,37,41H,2,6,9,17,20,22,24,26H2. The van der Waals surface area contributed by atoms with E-state index in [9.17, 15) is 0 Å². The predicted octanol–water partition coefficient (Wildman–Crippen LogP) is 8.72. The third-order valence-corrected chi connectivity index (χ3v) is 10.5. The van der Waals surface area contributed by atoms with E-state index in [1.54, 1.807) is 0 Å². The predicted molar refractivity (Wildman–Crippen MR) is 184 cm³/mol. The average molecular weight is 571 g/mol. The second-order valence-electron chi connectivity index (χ2n) is 12.9. The molecule has 2 aromatic carbocycles. The van der Waals surface area contributed by atoms with E-state index < -0.39 is 0 Å². The number of hydrogen-bond donors (Lipinski definition) is 0. The van der Waals surface area contributed by atoms with Crippen LogP contribution in [0.1, 0.15) is 56.9 Å². The summed E-state index contributed by atoms with van der Waals surface area (Å²) in [5, 5.41) is 4.16. The Morgan fingerprint density at radius 2 is 1.43 bits per heavy atom. The maximum atomic E-state index is 2.73. The first-order chi connectivity index (χ1) is 21.8. The van der Waals surface area contributed by atoms with E-state index in [1.807, 2.05) is 0 Å². The molecular weight excluding hydrogens is 532 g/mol. The maximum Gasteiger partial charge on any atom is 0.0643 e. The number of para-hydroxylation sites is 1. The highest BCUT2D eigenvalue weighted by Gasteiger charge is 2.41. The van der Waals surface area contributed by atoms with Gasteiger partial charge >= 0.3 is 0 Å². The van der Waals surface area contributed by atoms with Crippen LogP contribution in [-0.4, -0.2) is 15.5 Å². The van der Waals surface area contributed by atoms with Crippen molar-refractivity contribution in [2.24, 2.45) is 5.92 Å². The quantitative estimate of drug-likeness (QED) is 0.305. The van der Waals surface area contributed by atoms with E-state index in [4.69, 9.17) is 0 Å². The molecule has 0 amide bonds. The molecule has 1 aromatic heterocycles. The summed E-state index contributed by atoms with van der Waals surface area (Å²) >= 11 is 0. The number of hydrogen-bond acceptors (Lipinski definition) is 1. The lowest BCUT2D eigenvalue weighted by Gasteiger charge is -2.34. The van der Waals surface area contributed by atoms with Crippen LogP contribution in [0.3, 0.4) is 0 Å². The van der Waals surface area contributed by atoms with Crippen molar-refractivity contribution < 1.29 is 0 Å². The first-order valence-corrected chi connectivity index (χ1v) is 16.6. The molecule has 2 atom stereocenters. The molecule has 2 unspecified atom stereocenters. The third-order valence-electron chi connectivity index (χ3n) is 10.5. The van der Waals surface area contributed by atoms with Gasteiger partial charge in [0.15, 0.2) is 0 Å². The highest BCUT2D eigenvalue weighted by molar-refractivity contribution is 5.87. The van der Waals surface area contributed by atoms with Crippen LogP contribution >= 0.6 is 0 Å². The lowest BCUT2D eigenvalue weighted by atomic mass is 9.87. The summed E-state index contributed by atoms with van der Waals surface area (Å²) in [4.78, 5) is 2.73. The summed E-state index contributed by atoms with van der Waals surface area (Å²) < 4.78 is 2.59. The molecule has 5 aliphatic carbocycles. The second-order valence-corrected chi connectivity index (χ2v) is 12.9. The number of benzene rings is 2. The van der Waals surface area contributed by atoms with Crippen molar-refractivity contribution >= 4 is 34.3 Å². The Hall–Kier alpha value is -4.56. The van der Waals surface area contributed by atoms with Gasteiger partial charge < -0.3 is 9.47 Å². The van der Waals surface area contributed by atoms with Gasteiger partial charge in [-0.15, -0.1) is 0 Å². The Bertz CT molecular complexity index is 2070. The minimum absolute atomic E-state index is 0.309. The van der Waals surface area contributed by atoms with Gasteiger partial charge in [-0.3, -0.25) is 0 Å². The fraction of sp³-hybridized carbons (Fsp3) is 0.238. The monoisotopic (exact) mass is 570 g/mol. The van der Waals surface area contributed by atoms with Crippen molar-refractivity contribution in [3.05, 3.63) is 154 Å². The molecule has 2 heteroatoms. The molecule has 9 rings (SSSR count). The topological polar surface area (TPSA) is 8.17 Å². The molecule has 0 bridgehead atoms. The Morgan fingerprint density at radius 1 is 0.636 bits per heavy atom. The zero-order chi connectivity index (χ0) is 29.0. The van der Waals surface area contributed by atoms with Crippen LogP contribution < -0.4 is 10.6 Å². The molecule has 3 aromatic rings. The highest BCUT2D eigenvalue weighted by Crippen LogP contribution is 2.46. The van der Waals surface area contributed by atoms with Crippen LogP contribution in [0.5, 0.6) is 0 Å². The molecule has 1 aliphatic heterocycles. The van der Waals surface area contributed by atoms with Crippen molar-refractivity contribution in [1.29, 1.82) is 0 Å². The van der Waals surface area contributed by atoms with Crippen molar-refractivity contribution in [3.63, 3.8) is 0 Å². The van der Waals surface area contributed by atoms with Crippen LogP contribution in [0.25, 0.3) is 34.3 Å². The summed E-state index contributed by atoms with van der Waals surface area (Å²) in [6.45, 7) is 0. The molecule has 216 valence electrons. The number of fused-ring (bicyclic) bond motifs is 5. The Balaban J connectivity index is 1.17. The van der Waals surface area contributed by atoms with Gasteiger partial charge in [0.1, 0.15) is 0 Å². The van der Waals surface area contributed by atoms with E-state index in [1.165, 1.54) is 72.8 Å². The van der Waals surface area contributed by atoms with E-state index in [-0.39, 0.29) is 0 Å². The molecule has 0 saturated carbocycles. The Kier molecular flexibility index (Phi) is 6.21. The SMILES string of the molecule is C1=CC(C2=CC=C(n3c4c(c5ccccc53)=CC3C5=C(CCC=C5)N(C5=CC=C(c6ccccc6)CC5)C3C=4)CC2)=CCC1. The summed E-state index contributed by atoms with van der Waals surface area (Å²) in [7, 11) is 0. The lowest BCUT2D eigenvalue weighted by molar-refractivity contribution is 0.363. The van der Waals surface area contributed by atoms with Crippen molar-refractivity contribution in [2.75, 3.05) is 0 Å². The van der Waals surface area contributed by atoms with E-state index in [0.717, 1.165) is 44.9 Å². The minimum atomic E-state index is 0.309. The van der Waals surface area contributed by atoms with Crippen LogP contribution in [0, 0.1) is 5.92 Å². The second kappa shape index (κ2) is 10.6. The van der Waals surface area contributed by atoms with Crippen LogP contribution in [0.4, 0.5) is 0 Å². The van der Waals surface area contributed by atoms with Gasteiger partial charge in [-0.25, -0.2) is 0 Å². The minimum Gasteiger partial charge on any atom is -0.341 e. The zero-order valence-corrected chi connectivity index (χ0v) is 25.3. The van der Waals surface area contributed by atoms with Crippen LogP contribution in [-0.2, 0) is 0 Å². The van der Waals surface area contributed by atoms with Crippen molar-refractivity contribution in [3.8, 4) is 0 Å². The summed E-state index contributed by atoms with van der Waals surface area (Å²) in [5.41, 5.74) is 13.0. The van der Waals surface area contributed by atoms with Crippen LogP contribution in [0.2, 0.25) is 0 Å². The summed E-state index contributed by atoms with van der Waals surface area (Å²) in [5.74, 6) is 0.380. The molecule has 2 heterocycles. The smallest absolute Gasteiger partial charge is 0.0643 e. The molecule has 0 fully saturated rings. The zero-order valence-electron chi connectivity index (χ0n) is 25.3. The summed E-state index contributed by atoms with van der Waals surface area (Å²) in [6.07, 6.45) is 35.6. The molecule has 0 saturated heterocycles. The van der Waals surface area contributed by atoms with Gasteiger partial charge in [-0.05, 0) is 104 Å². The number of nitrogens with zero attached hydrogens (tertiary/aromatic N) is 2. The lowest BCUT2D eigenvalue weighted by Crippen LogP contribution is -2.42. The third kappa shape index (κ3) is 4.15. The van der Waals surface area contributed by atoms with E-state index in [2.05, 4.69) is 131 Å². The van der Waals surface area contributed by atoms with Gasteiger partial charge in [0, 0.05) is 33.6 Å². The molecule has 0 N–H and O–H groups in total. The van der Waals surface area contributed by atoms with Crippen LogP contribution in [0.15, 0.2) is 137 Å². The number of allylic oxidation sites excluding steroid dienone is 15. The van der Waals surface area contributed by atoms with Gasteiger partial charge in [0.05, 0.1) is 16.9 Å². The Morgan fingerprint density at radius 3 is 2.25 bits per heavy atom. The first kappa shape index (κ1) is 25.9. The normalized spacial score (nSPS) is 23.9. The highest BCUT2D eigenvalue weighted by atomic mass is 15.2. The largest absolute Gasteiger partial charge is 0.341 e. The molecule has 0 spiro atoms. The van der Waals surface area contributed by atoms with Gasteiger partial charge in [-0.1, -0.05) is 97.1 Å². The van der Waals surface area contributed by atoms with Crippen molar-refractivity contribution in [1.82, 2.24) is 9.47 Å². The molecule has 0 radical (unpaired) electrons. The Labute approximate surface area is 260 Å². The summed E-state index contributed by atoms with van der Waals surface area (Å²) in [6, 6.07) is 20.3. The molecule has 6 aliphatic rings. The first-order valence-electron chi connectivity index (χ1n) is 16.6. The molecule has 44 heavy (non-hydrogen) atoms. The number of rotatable bonds is 4.